The molecule has 2 aromatic carbocycles. The first kappa shape index (κ1) is 30.1. The maximum atomic E-state index is 13.3. The SMILES string of the molecule is CCCN(CCC)C(=O)C1=Cc2c(Cl)cc(-c3ccc(C=O)c(/C=C\N(C)CC(C)(C)O)c3)cc2N=C(N)C1. The molecule has 39 heavy (non-hydrogen) atoms. The van der Waals surface area contributed by atoms with Gasteiger partial charge in [-0.15, -0.1) is 0 Å². The van der Waals surface area contributed by atoms with Crippen molar-refractivity contribution in [3.05, 3.63) is 63.8 Å². The molecule has 3 N–H and O–H groups in total. The van der Waals surface area contributed by atoms with Crippen LogP contribution in [0.5, 0.6) is 0 Å². The van der Waals surface area contributed by atoms with Gasteiger partial charge in [0.1, 0.15) is 5.84 Å². The highest BCUT2D eigenvalue weighted by atomic mass is 35.5. The Kier molecular flexibility index (Phi) is 10.1. The van der Waals surface area contributed by atoms with Crippen LogP contribution in [0.2, 0.25) is 5.02 Å². The van der Waals surface area contributed by atoms with Gasteiger partial charge in [-0.25, -0.2) is 4.99 Å². The van der Waals surface area contributed by atoms with Crippen LogP contribution in [0, 0.1) is 0 Å². The van der Waals surface area contributed by atoms with Crippen LogP contribution in [0.4, 0.5) is 5.69 Å². The summed E-state index contributed by atoms with van der Waals surface area (Å²) in [4.78, 5) is 33.4. The second-order valence-corrected chi connectivity index (χ2v) is 11.0. The summed E-state index contributed by atoms with van der Waals surface area (Å²) in [7, 11) is 1.86. The number of amidine groups is 1. The molecule has 2 aromatic rings. The molecule has 8 heteroatoms. The molecule has 0 spiro atoms. The van der Waals surface area contributed by atoms with Crippen molar-refractivity contribution in [2.75, 3.05) is 26.7 Å². The molecule has 208 valence electrons. The van der Waals surface area contributed by atoms with E-state index in [1.165, 1.54) is 0 Å². The van der Waals surface area contributed by atoms with E-state index >= 15 is 0 Å². The fraction of sp³-hybridized carbons (Fsp3) is 0.387. The van der Waals surface area contributed by atoms with Gasteiger partial charge in [0.15, 0.2) is 6.29 Å². The third kappa shape index (κ3) is 8.04. The van der Waals surface area contributed by atoms with E-state index in [1.54, 1.807) is 19.9 Å². The molecule has 0 aromatic heterocycles. The van der Waals surface area contributed by atoms with E-state index < -0.39 is 5.60 Å². The molecule has 0 bridgehead atoms. The second-order valence-electron chi connectivity index (χ2n) is 10.6. The normalized spacial score (nSPS) is 13.4. The Morgan fingerprint density at radius 1 is 1.13 bits per heavy atom. The van der Waals surface area contributed by atoms with Gasteiger partial charge in [-0.1, -0.05) is 37.6 Å². The van der Waals surface area contributed by atoms with E-state index in [9.17, 15) is 14.7 Å². The minimum Gasteiger partial charge on any atom is -0.389 e. The van der Waals surface area contributed by atoms with Crippen molar-refractivity contribution in [1.82, 2.24) is 9.80 Å². The van der Waals surface area contributed by atoms with Gasteiger partial charge in [0, 0.05) is 49.8 Å². The summed E-state index contributed by atoms with van der Waals surface area (Å²) in [6.45, 7) is 9.39. The molecule has 0 saturated heterocycles. The summed E-state index contributed by atoms with van der Waals surface area (Å²) in [6.07, 6.45) is 8.32. The van der Waals surface area contributed by atoms with Gasteiger partial charge in [-0.2, -0.15) is 0 Å². The van der Waals surface area contributed by atoms with Crippen molar-refractivity contribution < 1.29 is 14.7 Å². The summed E-state index contributed by atoms with van der Waals surface area (Å²) in [5, 5.41) is 10.5. The zero-order chi connectivity index (χ0) is 28.7. The minimum atomic E-state index is -0.849. The topological polar surface area (TPSA) is 99.2 Å². The number of likely N-dealkylation sites (N-methyl/N-ethyl adjacent to an activating group) is 1. The number of hydrogen-bond donors (Lipinski definition) is 2. The highest BCUT2D eigenvalue weighted by Crippen LogP contribution is 2.38. The van der Waals surface area contributed by atoms with Crippen LogP contribution in [-0.2, 0) is 4.79 Å². The highest BCUT2D eigenvalue weighted by molar-refractivity contribution is 6.33. The molecule has 0 atom stereocenters. The standard InChI is InChI=1S/C31H39ClN4O3/c1-6-11-36(12-7-2)30(38)25-15-26-27(32)16-24(17-28(26)34-29(33)18-25)21-8-9-23(19-37)22(14-21)10-13-35(5)20-31(3,4)39/h8-10,13-17,19,39H,6-7,11-12,18,20H2,1-5H3,(H2,33,34)/b13-10-. The third-order valence-corrected chi connectivity index (χ3v) is 6.62. The third-order valence-electron chi connectivity index (χ3n) is 6.30. The summed E-state index contributed by atoms with van der Waals surface area (Å²) >= 11 is 6.77. The molecule has 1 aliphatic rings. The monoisotopic (exact) mass is 550 g/mol. The maximum absolute atomic E-state index is 13.3. The molecular weight excluding hydrogens is 512 g/mol. The Balaban J connectivity index is 2.01. The molecule has 1 heterocycles. The predicted octanol–water partition coefficient (Wildman–Crippen LogP) is 5.92. The average Bonchev–Trinajstić information content (AvgIpc) is 3.04. The first-order valence-corrected chi connectivity index (χ1v) is 13.7. The van der Waals surface area contributed by atoms with Crippen LogP contribution >= 0.6 is 11.6 Å². The van der Waals surface area contributed by atoms with Gasteiger partial charge >= 0.3 is 0 Å². The van der Waals surface area contributed by atoms with Crippen molar-refractivity contribution in [3.63, 3.8) is 0 Å². The van der Waals surface area contributed by atoms with Crippen molar-refractivity contribution in [3.8, 4) is 11.1 Å². The first-order valence-electron chi connectivity index (χ1n) is 13.3. The van der Waals surface area contributed by atoms with Crippen molar-refractivity contribution >= 4 is 47.5 Å². The Labute approximate surface area is 236 Å². The molecular formula is C31H39ClN4O3. The zero-order valence-corrected chi connectivity index (χ0v) is 24.3. The Morgan fingerprint density at radius 3 is 2.44 bits per heavy atom. The van der Waals surface area contributed by atoms with E-state index in [2.05, 4.69) is 18.8 Å². The number of amides is 1. The number of aldehydes is 1. The first-order chi connectivity index (χ1) is 18.4. The number of hydrogen-bond acceptors (Lipinski definition) is 6. The van der Waals surface area contributed by atoms with Gasteiger partial charge < -0.3 is 20.6 Å². The predicted molar refractivity (Wildman–Crippen MR) is 161 cm³/mol. The minimum absolute atomic E-state index is 0.0414. The van der Waals surface area contributed by atoms with Crippen LogP contribution in [0.3, 0.4) is 0 Å². The molecule has 3 rings (SSSR count). The van der Waals surface area contributed by atoms with Gasteiger partial charge in [-0.3, -0.25) is 9.59 Å². The quantitative estimate of drug-likeness (QED) is 0.338. The fourth-order valence-corrected chi connectivity index (χ4v) is 4.96. The number of nitrogens with two attached hydrogens (primary N) is 1. The van der Waals surface area contributed by atoms with Crippen molar-refractivity contribution in [1.29, 1.82) is 0 Å². The largest absolute Gasteiger partial charge is 0.389 e. The number of rotatable bonds is 11. The number of benzene rings is 2. The molecule has 1 aliphatic heterocycles. The smallest absolute Gasteiger partial charge is 0.250 e. The van der Waals surface area contributed by atoms with Gasteiger partial charge in [0.05, 0.1) is 16.3 Å². The van der Waals surface area contributed by atoms with Crippen LogP contribution < -0.4 is 5.73 Å². The zero-order valence-electron chi connectivity index (χ0n) is 23.5. The number of aliphatic imine (C=N–C) groups is 1. The number of fused-ring (bicyclic) bond motifs is 1. The molecule has 0 saturated carbocycles. The molecule has 0 fully saturated rings. The summed E-state index contributed by atoms with van der Waals surface area (Å²) in [5.74, 6) is 0.310. The highest BCUT2D eigenvalue weighted by Gasteiger charge is 2.22. The number of halogens is 1. The number of aliphatic hydroxyl groups is 1. The Hall–Kier alpha value is -3.42. The van der Waals surface area contributed by atoms with Crippen LogP contribution in [-0.4, -0.2) is 65.2 Å². The van der Waals surface area contributed by atoms with E-state index in [0.717, 1.165) is 35.8 Å². The molecule has 7 nitrogen and oxygen atoms in total. The Morgan fingerprint density at radius 2 is 1.82 bits per heavy atom. The average molecular weight is 551 g/mol. The van der Waals surface area contributed by atoms with E-state index in [0.29, 0.717) is 52.9 Å². The van der Waals surface area contributed by atoms with Crippen molar-refractivity contribution in [2.45, 2.75) is 52.6 Å². The summed E-state index contributed by atoms with van der Waals surface area (Å²) < 4.78 is 0. The lowest BCUT2D eigenvalue weighted by Crippen LogP contribution is -2.34. The lowest BCUT2D eigenvalue weighted by Gasteiger charge is -2.24. The molecule has 0 radical (unpaired) electrons. The van der Waals surface area contributed by atoms with Gasteiger partial charge in [0.2, 0.25) is 5.91 Å². The van der Waals surface area contributed by atoms with E-state index in [-0.39, 0.29) is 12.3 Å². The number of carbonyl (C=O) groups excluding carboxylic acids is 2. The molecule has 1 amide bonds. The number of carbonyl (C=O) groups is 2. The lowest BCUT2D eigenvalue weighted by molar-refractivity contribution is -0.127. The Bertz CT molecular complexity index is 1300. The van der Waals surface area contributed by atoms with Crippen LogP contribution in [0.25, 0.3) is 23.3 Å². The molecule has 0 aliphatic carbocycles. The second kappa shape index (κ2) is 13.1. The maximum Gasteiger partial charge on any atom is 0.250 e. The number of nitrogens with zero attached hydrogens (tertiary/aromatic N) is 3. The van der Waals surface area contributed by atoms with Crippen LogP contribution in [0.15, 0.2) is 47.1 Å². The lowest BCUT2D eigenvalue weighted by atomic mass is 9.97. The van der Waals surface area contributed by atoms with Gasteiger partial charge in [0.25, 0.3) is 0 Å². The summed E-state index contributed by atoms with van der Waals surface area (Å²) in [6, 6.07) is 9.29. The van der Waals surface area contributed by atoms with Gasteiger partial charge in [-0.05, 0) is 79.9 Å². The van der Waals surface area contributed by atoms with Crippen molar-refractivity contribution in [2.24, 2.45) is 10.7 Å². The fourth-order valence-electron chi connectivity index (χ4n) is 4.69. The molecule has 0 unspecified atom stereocenters. The summed E-state index contributed by atoms with van der Waals surface area (Å²) in [5.41, 5.74) is 10.2. The van der Waals surface area contributed by atoms with E-state index in [4.69, 9.17) is 17.3 Å². The van der Waals surface area contributed by atoms with Crippen LogP contribution in [0.1, 0.15) is 68.4 Å². The van der Waals surface area contributed by atoms with E-state index in [1.807, 2.05) is 59.5 Å².